The number of aromatic nitrogens is 1. The third kappa shape index (κ3) is 7.13. The number of fused-ring (bicyclic) bond motifs is 5. The van der Waals surface area contributed by atoms with Crippen molar-refractivity contribution in [2.45, 2.75) is 90.6 Å². The Morgan fingerprint density at radius 3 is 2.50 bits per heavy atom. The van der Waals surface area contributed by atoms with Crippen molar-refractivity contribution in [2.24, 2.45) is 5.41 Å². The van der Waals surface area contributed by atoms with E-state index in [1.54, 1.807) is 19.2 Å². The minimum atomic E-state index is -3.74. The first-order valence-corrected chi connectivity index (χ1v) is 18.6. The highest BCUT2D eigenvalue weighted by Gasteiger charge is 2.41. The van der Waals surface area contributed by atoms with Crippen molar-refractivity contribution in [1.29, 1.82) is 0 Å². The molecule has 0 spiro atoms. The van der Waals surface area contributed by atoms with Crippen molar-refractivity contribution in [3.05, 3.63) is 53.1 Å². The molecule has 46 heavy (non-hydrogen) atoms. The molecule has 0 saturated heterocycles. The van der Waals surface area contributed by atoms with Crippen molar-refractivity contribution in [1.82, 2.24) is 19.5 Å². The Kier molecular flexibility index (Phi) is 10.2. The Labute approximate surface area is 274 Å². The van der Waals surface area contributed by atoms with Crippen LogP contribution < -0.4 is 14.8 Å². The summed E-state index contributed by atoms with van der Waals surface area (Å²) in [5, 5.41) is 4.48. The van der Waals surface area contributed by atoms with E-state index in [-0.39, 0.29) is 17.5 Å². The molecule has 5 rings (SSSR count). The summed E-state index contributed by atoms with van der Waals surface area (Å²) in [4.78, 5) is 29.8. The normalized spacial score (nSPS) is 19.3. The minimum absolute atomic E-state index is 0.00381. The molecule has 1 aromatic heterocycles. The zero-order chi connectivity index (χ0) is 33.2. The predicted octanol–water partition coefficient (Wildman–Crippen LogP) is 5.85. The summed E-state index contributed by atoms with van der Waals surface area (Å²) in [5.74, 6) is 0.429. The summed E-state index contributed by atoms with van der Waals surface area (Å²) >= 11 is 0. The summed E-state index contributed by atoms with van der Waals surface area (Å²) in [6.07, 6.45) is 9.05. The van der Waals surface area contributed by atoms with Crippen molar-refractivity contribution in [2.75, 3.05) is 33.5 Å². The lowest BCUT2D eigenvalue weighted by atomic mass is 9.79. The van der Waals surface area contributed by atoms with Gasteiger partial charge < -0.3 is 19.5 Å². The van der Waals surface area contributed by atoms with Crippen molar-refractivity contribution < 1.29 is 22.7 Å². The molecule has 2 N–H and O–H groups in total. The first kappa shape index (κ1) is 34.0. The second-order valence-electron chi connectivity index (χ2n) is 13.7. The molecule has 1 fully saturated rings. The monoisotopic (exact) mass is 650 g/mol. The Bertz CT molecular complexity index is 1710. The van der Waals surface area contributed by atoms with E-state index < -0.39 is 21.3 Å². The lowest BCUT2D eigenvalue weighted by Gasteiger charge is -2.32. The summed E-state index contributed by atoms with van der Waals surface area (Å²) in [6.45, 7) is 8.39. The number of methoxy groups -OCH3 is 1. The number of rotatable bonds is 11. The number of likely N-dealkylation sites (N-methyl/N-ethyl adjacent to an activating group) is 1. The molecule has 250 valence electrons. The van der Waals surface area contributed by atoms with Crippen LogP contribution in [0.15, 0.2) is 36.4 Å². The number of carbonyl (C=O) groups is 2. The molecule has 1 aliphatic carbocycles. The van der Waals surface area contributed by atoms with Gasteiger partial charge in [0.25, 0.3) is 5.91 Å². The Morgan fingerprint density at radius 1 is 1.11 bits per heavy atom. The lowest BCUT2D eigenvalue weighted by Crippen LogP contribution is -2.50. The number of carbonyl (C=O) groups excluding carboxylic acids is 2. The molecule has 2 amide bonds. The minimum Gasteiger partial charge on any atom is -0.497 e. The second kappa shape index (κ2) is 13.8. The highest BCUT2D eigenvalue weighted by atomic mass is 32.2. The molecule has 2 unspecified atom stereocenters. The Balaban J connectivity index is 1.71. The predicted molar refractivity (Wildman–Crippen MR) is 184 cm³/mol. The molecular formula is C36H50N4O5S. The SMILES string of the molecule is CCCC(CN(C)CC)NC(=O)C1(C)Cc2cc(OC)ccc2-c2c(C3CCCCC3)c3ccc(C(=O)NS(C)(=O)=O)cc3n2C1. The molecule has 1 saturated carbocycles. The van der Waals surface area contributed by atoms with Crippen molar-refractivity contribution >= 4 is 32.7 Å². The number of nitrogens with one attached hydrogen (secondary N) is 2. The summed E-state index contributed by atoms with van der Waals surface area (Å²) < 4.78 is 33.9. The topological polar surface area (TPSA) is 110 Å². The van der Waals surface area contributed by atoms with Crippen LogP contribution in [-0.2, 0) is 27.8 Å². The van der Waals surface area contributed by atoms with Crippen molar-refractivity contribution in [3.8, 4) is 17.0 Å². The van der Waals surface area contributed by atoms with E-state index in [1.165, 1.54) is 12.0 Å². The first-order valence-electron chi connectivity index (χ1n) is 16.7. The van der Waals surface area contributed by atoms with Crippen LogP contribution in [0.4, 0.5) is 0 Å². The van der Waals surface area contributed by atoms with E-state index in [1.807, 2.05) is 19.1 Å². The Hall–Kier alpha value is -3.37. The van der Waals surface area contributed by atoms with E-state index in [2.05, 4.69) is 52.5 Å². The van der Waals surface area contributed by atoms with E-state index in [4.69, 9.17) is 4.74 Å². The second-order valence-corrected chi connectivity index (χ2v) is 15.4. The highest BCUT2D eigenvalue weighted by molar-refractivity contribution is 7.89. The van der Waals surface area contributed by atoms with Gasteiger partial charge in [-0.15, -0.1) is 0 Å². The van der Waals surface area contributed by atoms with Gasteiger partial charge in [0.1, 0.15) is 5.75 Å². The number of amides is 2. The van der Waals surface area contributed by atoms with Gasteiger partial charge in [-0.2, -0.15) is 0 Å². The number of hydrogen-bond donors (Lipinski definition) is 2. The maximum Gasteiger partial charge on any atom is 0.264 e. The molecule has 10 heteroatoms. The molecule has 2 heterocycles. The van der Waals surface area contributed by atoms with Crippen LogP contribution in [-0.4, -0.2) is 69.2 Å². The molecule has 2 atom stereocenters. The van der Waals surface area contributed by atoms with E-state index in [0.29, 0.717) is 18.9 Å². The number of sulfonamides is 1. The van der Waals surface area contributed by atoms with Gasteiger partial charge in [0, 0.05) is 41.2 Å². The molecule has 9 nitrogen and oxygen atoms in total. The first-order chi connectivity index (χ1) is 21.9. The fraction of sp³-hybridized carbons (Fsp3) is 0.556. The average Bonchev–Trinajstić information content (AvgIpc) is 3.25. The third-order valence-corrected chi connectivity index (χ3v) is 10.5. The average molecular weight is 651 g/mol. The van der Waals surface area contributed by atoms with Crippen LogP contribution in [0.3, 0.4) is 0 Å². The van der Waals surface area contributed by atoms with E-state index in [9.17, 15) is 18.0 Å². The quantitative estimate of drug-likeness (QED) is 0.269. The number of nitrogens with zero attached hydrogens (tertiary/aromatic N) is 2. The lowest BCUT2D eigenvalue weighted by molar-refractivity contribution is -0.131. The van der Waals surface area contributed by atoms with E-state index >= 15 is 0 Å². The highest BCUT2D eigenvalue weighted by Crippen LogP contribution is 2.49. The third-order valence-electron chi connectivity index (χ3n) is 9.91. The van der Waals surface area contributed by atoms with Crippen LogP contribution in [0.5, 0.6) is 5.75 Å². The zero-order valence-electron chi connectivity index (χ0n) is 28.2. The molecule has 1 aliphatic heterocycles. The van der Waals surface area contributed by atoms with Crippen LogP contribution in [0.25, 0.3) is 22.2 Å². The maximum atomic E-state index is 14.5. The number of benzene rings is 2. The van der Waals surface area contributed by atoms with Gasteiger partial charge in [0.05, 0.1) is 24.5 Å². The molecule has 2 aliphatic rings. The Morgan fingerprint density at radius 2 is 1.85 bits per heavy atom. The van der Waals surface area contributed by atoms with Crippen LogP contribution in [0.2, 0.25) is 0 Å². The number of hydrogen-bond acceptors (Lipinski definition) is 6. The zero-order valence-corrected chi connectivity index (χ0v) is 29.1. The van der Waals surface area contributed by atoms with Gasteiger partial charge in [0.15, 0.2) is 0 Å². The van der Waals surface area contributed by atoms with Gasteiger partial charge in [-0.1, -0.05) is 45.6 Å². The number of ether oxygens (including phenoxy) is 1. The molecule has 0 bridgehead atoms. The fourth-order valence-electron chi connectivity index (χ4n) is 7.48. The molecule has 0 radical (unpaired) electrons. The molecule has 2 aromatic carbocycles. The summed E-state index contributed by atoms with van der Waals surface area (Å²) in [6, 6.07) is 11.7. The van der Waals surface area contributed by atoms with Gasteiger partial charge in [-0.05, 0) is 93.6 Å². The smallest absolute Gasteiger partial charge is 0.264 e. The van der Waals surface area contributed by atoms with Crippen LogP contribution in [0, 0.1) is 5.41 Å². The summed E-state index contributed by atoms with van der Waals surface area (Å²) in [7, 11) is 0.00269. The van der Waals surface area contributed by atoms with Crippen molar-refractivity contribution in [3.63, 3.8) is 0 Å². The van der Waals surface area contributed by atoms with Gasteiger partial charge >= 0.3 is 0 Å². The fourth-order valence-corrected chi connectivity index (χ4v) is 7.93. The van der Waals surface area contributed by atoms with Gasteiger partial charge in [-0.3, -0.25) is 9.59 Å². The van der Waals surface area contributed by atoms with Gasteiger partial charge in [-0.25, -0.2) is 13.1 Å². The standard InChI is InChI=1S/C36H50N4O5S/c1-7-12-27(22-39(4)8-2)37-35(42)36(3)21-26-19-28(45-5)16-18-29(26)33-32(24-13-10-9-11-14-24)30-17-15-25(20-31(30)40(33)23-36)34(41)38-46(6,43)44/h15-20,24,27H,7-14,21-23H2,1-6H3,(H,37,42)(H,38,41). The van der Waals surface area contributed by atoms with Crippen LogP contribution >= 0.6 is 0 Å². The van der Waals surface area contributed by atoms with E-state index in [0.717, 1.165) is 91.3 Å². The largest absolute Gasteiger partial charge is 0.497 e. The van der Waals surface area contributed by atoms with Crippen LogP contribution in [0.1, 0.15) is 93.1 Å². The molecular weight excluding hydrogens is 600 g/mol. The summed E-state index contributed by atoms with van der Waals surface area (Å²) in [5.41, 5.74) is 4.78. The maximum absolute atomic E-state index is 14.5. The van der Waals surface area contributed by atoms with Gasteiger partial charge in [0.2, 0.25) is 15.9 Å². The molecule has 3 aromatic rings.